The number of esters is 1. The van der Waals surface area contributed by atoms with Gasteiger partial charge >= 0.3 is 12.1 Å². The van der Waals surface area contributed by atoms with Crippen LogP contribution in [0.2, 0.25) is 0 Å². The van der Waals surface area contributed by atoms with Crippen molar-refractivity contribution in [2.75, 3.05) is 26.0 Å². The lowest BCUT2D eigenvalue weighted by Gasteiger charge is -2.26. The van der Waals surface area contributed by atoms with Crippen LogP contribution in [0.5, 0.6) is 0 Å². The topological polar surface area (TPSA) is 90.0 Å². The van der Waals surface area contributed by atoms with Crippen molar-refractivity contribution in [3.63, 3.8) is 0 Å². The van der Waals surface area contributed by atoms with E-state index in [1.165, 1.54) is 19.2 Å². The zero-order valence-corrected chi connectivity index (χ0v) is 15.1. The van der Waals surface area contributed by atoms with Gasteiger partial charge in [0.1, 0.15) is 12.1 Å². The molecule has 0 N–H and O–H groups in total. The molecule has 1 rings (SSSR count). The van der Waals surface area contributed by atoms with Crippen LogP contribution in [0.3, 0.4) is 0 Å². The van der Waals surface area contributed by atoms with Gasteiger partial charge < -0.3 is 9.47 Å². The van der Waals surface area contributed by atoms with Gasteiger partial charge in [0.05, 0.1) is 17.8 Å². The van der Waals surface area contributed by atoms with Crippen LogP contribution in [0.25, 0.3) is 0 Å². The Morgan fingerprint density at radius 3 is 2.21 bits per heavy atom. The smallest absolute Gasteiger partial charge is 0.410 e. The highest BCUT2D eigenvalue weighted by atomic mass is 32.2. The normalized spacial score (nSPS) is 11.7. The number of nitrogens with zero attached hydrogens (tertiary/aromatic N) is 1. The number of carbonyl (C=O) groups is 2. The summed E-state index contributed by atoms with van der Waals surface area (Å²) in [6.07, 6.45) is -0.767. The number of hydrogen-bond donors (Lipinski definition) is 0. The summed E-state index contributed by atoms with van der Waals surface area (Å²) in [4.78, 5) is 24.8. The molecule has 1 aromatic rings. The molecule has 0 atom stereocenters. The van der Waals surface area contributed by atoms with Gasteiger partial charge in [0.2, 0.25) is 0 Å². The lowest BCUT2D eigenvalue weighted by molar-refractivity contribution is -0.141. The van der Waals surface area contributed by atoms with E-state index in [4.69, 9.17) is 4.74 Å². The van der Waals surface area contributed by atoms with E-state index >= 15 is 0 Å². The summed E-state index contributed by atoms with van der Waals surface area (Å²) in [5.74, 6) is -0.981. The van der Waals surface area contributed by atoms with E-state index in [0.29, 0.717) is 0 Å². The Balaban J connectivity index is 2.85. The first-order valence-electron chi connectivity index (χ1n) is 7.38. The average Bonchev–Trinajstić information content (AvgIpc) is 2.50. The first-order valence-corrected chi connectivity index (χ1v) is 9.03. The van der Waals surface area contributed by atoms with Gasteiger partial charge in [0.15, 0.2) is 9.84 Å². The van der Waals surface area contributed by atoms with Crippen LogP contribution in [0, 0.1) is 0 Å². The molecule has 0 saturated carbocycles. The number of carbonyl (C=O) groups excluding carboxylic acids is 2. The number of ether oxygens (including phenoxy) is 2. The predicted molar refractivity (Wildman–Crippen MR) is 88.3 cm³/mol. The van der Waals surface area contributed by atoms with E-state index in [1.54, 1.807) is 39.0 Å². The molecule has 1 amide bonds. The number of amides is 1. The molecule has 8 heteroatoms. The highest BCUT2D eigenvalue weighted by Gasteiger charge is 2.26. The number of methoxy groups -OCH3 is 1. The Hall–Kier alpha value is -2.09. The molecule has 1 aromatic carbocycles. The fourth-order valence-electron chi connectivity index (χ4n) is 1.76. The van der Waals surface area contributed by atoms with Crippen molar-refractivity contribution in [1.29, 1.82) is 0 Å². The number of sulfone groups is 1. The molecule has 0 aliphatic rings. The van der Waals surface area contributed by atoms with Crippen molar-refractivity contribution in [2.45, 2.75) is 31.3 Å². The van der Waals surface area contributed by atoms with Crippen LogP contribution in [0.4, 0.5) is 4.79 Å². The second-order valence-corrected chi connectivity index (χ2v) is 8.22. The summed E-state index contributed by atoms with van der Waals surface area (Å²) in [7, 11) is -2.39. The van der Waals surface area contributed by atoms with Crippen molar-refractivity contribution in [2.24, 2.45) is 0 Å². The van der Waals surface area contributed by atoms with Gasteiger partial charge in [-0.15, -0.1) is 0 Å². The molecule has 0 unspecified atom stereocenters. The van der Waals surface area contributed by atoms with Gasteiger partial charge in [0, 0.05) is 6.54 Å². The summed E-state index contributed by atoms with van der Waals surface area (Å²) in [6.45, 7) is 4.49. The number of hydrogen-bond acceptors (Lipinski definition) is 6. The Kier molecular flexibility index (Phi) is 6.77. The molecule has 0 heterocycles. The predicted octanol–water partition coefficient (Wildman–Crippen LogP) is 1.87. The number of benzene rings is 1. The minimum atomic E-state index is -3.58. The molecule has 0 bridgehead atoms. The van der Waals surface area contributed by atoms with Crippen LogP contribution >= 0.6 is 0 Å². The SMILES string of the molecule is COC(=O)CN(CCS(=O)(=O)c1ccccc1)C(=O)OC(C)(C)C. The van der Waals surface area contributed by atoms with Crippen molar-refractivity contribution in [3.05, 3.63) is 30.3 Å². The van der Waals surface area contributed by atoms with Crippen LogP contribution in [-0.2, 0) is 24.1 Å². The van der Waals surface area contributed by atoms with Gasteiger partial charge in [0.25, 0.3) is 0 Å². The molecule has 0 spiro atoms. The zero-order chi connectivity index (χ0) is 18.4. The van der Waals surface area contributed by atoms with Crippen molar-refractivity contribution in [1.82, 2.24) is 4.90 Å². The lowest BCUT2D eigenvalue weighted by Crippen LogP contribution is -2.42. The molecule has 0 fully saturated rings. The molecule has 134 valence electrons. The summed E-state index contributed by atoms with van der Waals surface area (Å²) < 4.78 is 34.3. The summed E-state index contributed by atoms with van der Waals surface area (Å²) >= 11 is 0. The van der Waals surface area contributed by atoms with Gasteiger partial charge in [-0.1, -0.05) is 18.2 Å². The van der Waals surface area contributed by atoms with E-state index < -0.39 is 27.5 Å². The van der Waals surface area contributed by atoms with E-state index in [-0.39, 0.29) is 23.7 Å². The molecule has 0 radical (unpaired) electrons. The third kappa shape index (κ3) is 6.57. The molecule has 0 aliphatic carbocycles. The summed E-state index contributed by atoms with van der Waals surface area (Å²) in [6, 6.07) is 7.91. The zero-order valence-electron chi connectivity index (χ0n) is 14.3. The maximum Gasteiger partial charge on any atom is 0.410 e. The van der Waals surface area contributed by atoms with Crippen LogP contribution in [-0.4, -0.2) is 56.9 Å². The third-order valence-corrected chi connectivity index (χ3v) is 4.64. The third-order valence-electron chi connectivity index (χ3n) is 2.93. The Labute approximate surface area is 142 Å². The maximum atomic E-state index is 12.3. The molecular weight excluding hydrogens is 334 g/mol. The molecule has 24 heavy (non-hydrogen) atoms. The largest absolute Gasteiger partial charge is 0.468 e. The van der Waals surface area contributed by atoms with Crippen LogP contribution in [0.15, 0.2) is 35.2 Å². The fourth-order valence-corrected chi connectivity index (χ4v) is 3.03. The number of rotatable bonds is 6. The van der Waals surface area contributed by atoms with Gasteiger partial charge in [-0.05, 0) is 32.9 Å². The quantitative estimate of drug-likeness (QED) is 0.722. The van der Waals surface area contributed by atoms with E-state index in [0.717, 1.165) is 4.90 Å². The van der Waals surface area contributed by atoms with E-state index in [2.05, 4.69) is 4.74 Å². The van der Waals surface area contributed by atoms with Gasteiger partial charge in [-0.25, -0.2) is 13.2 Å². The van der Waals surface area contributed by atoms with Crippen LogP contribution in [0.1, 0.15) is 20.8 Å². The monoisotopic (exact) mass is 357 g/mol. The average molecular weight is 357 g/mol. The van der Waals surface area contributed by atoms with Gasteiger partial charge in [-0.2, -0.15) is 0 Å². The molecule has 0 aliphatic heterocycles. The molecule has 0 aromatic heterocycles. The lowest BCUT2D eigenvalue weighted by atomic mass is 10.2. The highest BCUT2D eigenvalue weighted by molar-refractivity contribution is 7.91. The standard InChI is InChI=1S/C16H23NO6S/c1-16(2,3)23-15(19)17(12-14(18)22-4)10-11-24(20,21)13-8-6-5-7-9-13/h5-9H,10-12H2,1-4H3. The minimum Gasteiger partial charge on any atom is -0.468 e. The molecule has 7 nitrogen and oxygen atoms in total. The van der Waals surface area contributed by atoms with E-state index in [1.807, 2.05) is 0 Å². The van der Waals surface area contributed by atoms with Crippen molar-refractivity contribution < 1.29 is 27.5 Å². The first kappa shape index (κ1) is 20.0. The Bertz CT molecular complexity index is 664. The fraction of sp³-hybridized carbons (Fsp3) is 0.500. The van der Waals surface area contributed by atoms with E-state index in [9.17, 15) is 18.0 Å². The van der Waals surface area contributed by atoms with Crippen molar-refractivity contribution in [3.8, 4) is 0 Å². The maximum absolute atomic E-state index is 12.3. The Morgan fingerprint density at radius 1 is 1.12 bits per heavy atom. The molecule has 0 saturated heterocycles. The molecular formula is C16H23NO6S. The minimum absolute atomic E-state index is 0.159. The van der Waals surface area contributed by atoms with Gasteiger partial charge in [-0.3, -0.25) is 9.69 Å². The second-order valence-electron chi connectivity index (χ2n) is 6.11. The van der Waals surface area contributed by atoms with Crippen molar-refractivity contribution >= 4 is 21.9 Å². The second kappa shape index (κ2) is 8.14. The first-order chi connectivity index (χ1) is 11.0. The summed E-state index contributed by atoms with van der Waals surface area (Å²) in [5, 5.41) is 0. The highest BCUT2D eigenvalue weighted by Crippen LogP contribution is 2.13. The summed E-state index contributed by atoms with van der Waals surface area (Å²) in [5.41, 5.74) is -0.760. The van der Waals surface area contributed by atoms with Crippen LogP contribution < -0.4 is 0 Å². The Morgan fingerprint density at radius 2 is 1.71 bits per heavy atom.